The molecule has 1 amide bonds. The van der Waals surface area contributed by atoms with Crippen LogP contribution in [0.5, 0.6) is 5.75 Å². The Morgan fingerprint density at radius 2 is 1.74 bits per heavy atom. The summed E-state index contributed by atoms with van der Waals surface area (Å²) in [7, 11) is 0.187. The molecule has 0 aliphatic carbocycles. The number of rotatable bonds is 11. The van der Waals surface area contributed by atoms with Gasteiger partial charge in [-0.05, 0) is 62.8 Å². The smallest absolute Gasteiger partial charge is 0.233 e. The fourth-order valence-electron chi connectivity index (χ4n) is 2.90. The number of carbonyl (C=O) groups is 1. The summed E-state index contributed by atoms with van der Waals surface area (Å²) >= 11 is 0. The molecule has 1 atom stereocenters. The Bertz CT molecular complexity index is 1010. The number of hydrogen-bond acceptors (Lipinski definition) is 6. The average molecular weight is 445 g/mol. The van der Waals surface area contributed by atoms with Gasteiger partial charge in [-0.3, -0.25) is 10.0 Å². The van der Waals surface area contributed by atoms with Crippen LogP contribution in [0.3, 0.4) is 0 Å². The molecule has 0 fully saturated rings. The quantitative estimate of drug-likeness (QED) is 0.248. The maximum atomic E-state index is 12.9. The Morgan fingerprint density at radius 3 is 2.29 bits per heavy atom. The van der Waals surface area contributed by atoms with Gasteiger partial charge < -0.3 is 9.64 Å². The molecule has 0 heterocycles. The van der Waals surface area contributed by atoms with Gasteiger partial charge in [-0.2, -0.15) is 0 Å². The zero-order chi connectivity index (χ0) is 22.9. The second kappa shape index (κ2) is 11.5. The maximum Gasteiger partial charge on any atom is 0.233 e. The highest BCUT2D eigenvalue weighted by Crippen LogP contribution is 2.25. The molecule has 166 valence electrons. The molecule has 2 aromatic rings. The van der Waals surface area contributed by atoms with Gasteiger partial charge in [0.15, 0.2) is 9.84 Å². The minimum absolute atomic E-state index is 0.0772. The first-order valence-electron chi connectivity index (χ1n) is 9.78. The van der Waals surface area contributed by atoms with Gasteiger partial charge in [0.2, 0.25) is 6.41 Å². The van der Waals surface area contributed by atoms with Crippen molar-refractivity contribution >= 4 is 16.2 Å². The normalized spacial score (nSPS) is 12.0. The number of ether oxygens (including phenoxy) is 1. The molecular weight excluding hydrogens is 416 g/mol. The van der Waals surface area contributed by atoms with Crippen molar-refractivity contribution in [1.29, 1.82) is 0 Å². The minimum Gasteiger partial charge on any atom is -0.481 e. The Morgan fingerprint density at radius 1 is 1.10 bits per heavy atom. The fraction of sp³-hybridized carbons (Fsp3) is 0.348. The average Bonchev–Trinajstić information content (AvgIpc) is 2.76. The van der Waals surface area contributed by atoms with E-state index in [2.05, 4.69) is 16.7 Å². The molecule has 2 aromatic carbocycles. The molecule has 0 aliphatic heterocycles. The molecular formula is C23H28N2O5S. The Balaban J connectivity index is 2.19. The summed E-state index contributed by atoms with van der Waals surface area (Å²) in [5, 5.41) is 10.4. The third-order valence-electron chi connectivity index (χ3n) is 4.69. The van der Waals surface area contributed by atoms with Gasteiger partial charge in [0.25, 0.3) is 0 Å². The van der Waals surface area contributed by atoms with Crippen LogP contribution in [0.2, 0.25) is 0 Å². The van der Waals surface area contributed by atoms with Crippen molar-refractivity contribution in [2.75, 3.05) is 33.0 Å². The van der Waals surface area contributed by atoms with Gasteiger partial charge >= 0.3 is 0 Å². The van der Waals surface area contributed by atoms with Crippen LogP contribution < -0.4 is 4.74 Å². The Labute approximate surface area is 184 Å². The first kappa shape index (κ1) is 24.4. The van der Waals surface area contributed by atoms with Gasteiger partial charge in [0.1, 0.15) is 12.4 Å². The molecule has 8 heteroatoms. The number of hydrogen-bond donors (Lipinski definition) is 1. The van der Waals surface area contributed by atoms with Crippen molar-refractivity contribution in [1.82, 2.24) is 9.96 Å². The van der Waals surface area contributed by atoms with Gasteiger partial charge in [-0.1, -0.05) is 30.2 Å². The number of amides is 1. The van der Waals surface area contributed by atoms with Gasteiger partial charge in [0.05, 0.1) is 16.7 Å². The molecule has 7 nitrogen and oxygen atoms in total. The first-order valence-corrected chi connectivity index (χ1v) is 11.4. The van der Waals surface area contributed by atoms with Crippen molar-refractivity contribution in [3.8, 4) is 17.6 Å². The van der Waals surface area contributed by atoms with Crippen LogP contribution in [0.1, 0.15) is 24.1 Å². The van der Waals surface area contributed by atoms with E-state index in [0.29, 0.717) is 16.4 Å². The molecule has 0 aromatic heterocycles. The molecule has 0 aliphatic rings. The minimum atomic E-state index is -3.79. The monoisotopic (exact) mass is 444 g/mol. The zero-order valence-corrected chi connectivity index (χ0v) is 18.8. The molecule has 0 spiro atoms. The second-order valence-electron chi connectivity index (χ2n) is 7.26. The standard InChI is InChI=1S/C23H28N2O5S/c1-4-5-16-30-21-10-12-22(13-11-21)31(28,29)17-23(25(27)18-26)20-8-6-19(7-9-20)14-15-24(2)3/h6-13,18,23,27H,14-17H2,1-3H3. The first-order chi connectivity index (χ1) is 14.8. The van der Waals surface area contributed by atoms with Gasteiger partial charge in [-0.25, -0.2) is 13.5 Å². The largest absolute Gasteiger partial charge is 0.481 e. The molecule has 0 saturated heterocycles. The Hall–Kier alpha value is -2.86. The van der Waals surface area contributed by atoms with E-state index in [4.69, 9.17) is 4.74 Å². The van der Waals surface area contributed by atoms with Crippen LogP contribution >= 0.6 is 0 Å². The number of nitrogens with zero attached hydrogens (tertiary/aromatic N) is 2. The van der Waals surface area contributed by atoms with Crippen molar-refractivity contribution in [2.45, 2.75) is 24.3 Å². The summed E-state index contributed by atoms with van der Waals surface area (Å²) in [6.07, 6.45) is 1.05. The van der Waals surface area contributed by atoms with Gasteiger partial charge in [0, 0.05) is 6.54 Å². The van der Waals surface area contributed by atoms with Crippen molar-refractivity contribution in [2.24, 2.45) is 0 Å². The van der Waals surface area contributed by atoms with Crippen LogP contribution in [-0.4, -0.2) is 63.0 Å². The van der Waals surface area contributed by atoms with E-state index in [-0.39, 0.29) is 17.9 Å². The van der Waals surface area contributed by atoms with Crippen LogP contribution in [0.25, 0.3) is 0 Å². The van der Waals surface area contributed by atoms with Crippen molar-refractivity contribution in [3.63, 3.8) is 0 Å². The highest BCUT2D eigenvalue weighted by Gasteiger charge is 2.27. The lowest BCUT2D eigenvalue weighted by Crippen LogP contribution is -2.30. The molecule has 1 N–H and O–H groups in total. The zero-order valence-electron chi connectivity index (χ0n) is 18.0. The lowest BCUT2D eigenvalue weighted by molar-refractivity contribution is -0.158. The number of hydroxylamine groups is 2. The summed E-state index contributed by atoms with van der Waals surface area (Å²) in [5.41, 5.74) is 1.61. The predicted octanol–water partition coefficient (Wildman–Crippen LogP) is 2.56. The highest BCUT2D eigenvalue weighted by molar-refractivity contribution is 7.91. The van der Waals surface area contributed by atoms with Gasteiger partial charge in [-0.15, -0.1) is 5.92 Å². The number of sulfone groups is 1. The van der Waals surface area contributed by atoms with E-state index in [1.54, 1.807) is 31.2 Å². The molecule has 0 radical (unpaired) electrons. The second-order valence-corrected chi connectivity index (χ2v) is 9.30. The fourth-order valence-corrected chi connectivity index (χ4v) is 4.40. The van der Waals surface area contributed by atoms with Crippen LogP contribution in [-0.2, 0) is 21.1 Å². The Kier molecular flexibility index (Phi) is 9.06. The lowest BCUT2D eigenvalue weighted by atomic mass is 10.0. The summed E-state index contributed by atoms with van der Waals surface area (Å²) in [4.78, 5) is 13.3. The number of likely N-dealkylation sites (N-methyl/N-ethyl adjacent to an activating group) is 1. The molecule has 0 bridgehead atoms. The van der Waals surface area contributed by atoms with Crippen molar-refractivity contribution < 1.29 is 23.2 Å². The topological polar surface area (TPSA) is 87.2 Å². The number of carbonyl (C=O) groups excluding carboxylic acids is 1. The molecule has 31 heavy (non-hydrogen) atoms. The maximum absolute atomic E-state index is 12.9. The van der Waals surface area contributed by atoms with Crippen molar-refractivity contribution in [3.05, 3.63) is 59.7 Å². The van der Waals surface area contributed by atoms with Crippen LogP contribution in [0.4, 0.5) is 0 Å². The third-order valence-corrected chi connectivity index (χ3v) is 6.43. The van der Waals surface area contributed by atoms with E-state index >= 15 is 0 Å². The molecule has 0 saturated carbocycles. The summed E-state index contributed by atoms with van der Waals surface area (Å²) in [5.74, 6) is 5.52. The van der Waals surface area contributed by atoms with E-state index in [1.807, 2.05) is 26.2 Å². The summed E-state index contributed by atoms with van der Waals surface area (Å²) in [6.45, 7) is 2.80. The van der Waals surface area contributed by atoms with Crippen LogP contribution in [0.15, 0.2) is 53.4 Å². The third kappa shape index (κ3) is 7.40. The van der Waals surface area contributed by atoms with E-state index < -0.39 is 21.6 Å². The number of benzene rings is 2. The predicted molar refractivity (Wildman–Crippen MR) is 119 cm³/mol. The highest BCUT2D eigenvalue weighted by atomic mass is 32.2. The van der Waals surface area contributed by atoms with Crippen LogP contribution in [0, 0.1) is 11.8 Å². The SMILES string of the molecule is CC#CCOc1ccc(S(=O)(=O)CC(c2ccc(CCN(C)C)cc2)N(O)C=O)cc1. The molecule has 1 unspecified atom stereocenters. The lowest BCUT2D eigenvalue weighted by Gasteiger charge is -2.23. The van der Waals surface area contributed by atoms with E-state index in [1.165, 1.54) is 12.1 Å². The summed E-state index contributed by atoms with van der Waals surface area (Å²) in [6, 6.07) is 12.2. The summed E-state index contributed by atoms with van der Waals surface area (Å²) < 4.78 is 31.3. The van der Waals surface area contributed by atoms with E-state index in [9.17, 15) is 18.4 Å². The molecule has 2 rings (SSSR count). The van der Waals surface area contributed by atoms with E-state index in [0.717, 1.165) is 18.5 Å².